The summed E-state index contributed by atoms with van der Waals surface area (Å²) in [4.78, 5) is 28.3. The molecule has 1 saturated heterocycles. The normalized spacial score (nSPS) is 25.1. The maximum Gasteiger partial charge on any atom is 0.412 e. The summed E-state index contributed by atoms with van der Waals surface area (Å²) in [5.41, 5.74) is -4.39. The third kappa shape index (κ3) is 4.38. The second-order valence-electron chi connectivity index (χ2n) is 10.3. The highest BCUT2D eigenvalue weighted by molar-refractivity contribution is 5.99. The number of nitrogens with one attached hydrogen (secondary N) is 2. The smallest absolute Gasteiger partial charge is 0.381 e. The van der Waals surface area contributed by atoms with Gasteiger partial charge in [-0.2, -0.15) is 13.2 Å². The highest BCUT2D eigenvalue weighted by Crippen LogP contribution is 2.55. The van der Waals surface area contributed by atoms with Gasteiger partial charge in [0.15, 0.2) is 0 Å². The number of likely N-dealkylation sites (tertiary alicyclic amines) is 1. The predicted octanol–water partition coefficient (Wildman–Crippen LogP) is 4.44. The van der Waals surface area contributed by atoms with E-state index in [4.69, 9.17) is 0 Å². The van der Waals surface area contributed by atoms with E-state index in [1.54, 1.807) is 0 Å². The summed E-state index contributed by atoms with van der Waals surface area (Å²) in [6.45, 7) is 3.01. The van der Waals surface area contributed by atoms with Gasteiger partial charge in [-0.15, -0.1) is 0 Å². The fourth-order valence-electron chi connectivity index (χ4n) is 5.50. The largest absolute Gasteiger partial charge is 0.412 e. The van der Waals surface area contributed by atoms with Crippen LogP contribution in [0.15, 0.2) is 35.3 Å². The number of halogens is 6. The maximum atomic E-state index is 14.6. The number of amides is 1. The van der Waals surface area contributed by atoms with Gasteiger partial charge >= 0.3 is 6.18 Å². The van der Waals surface area contributed by atoms with Gasteiger partial charge in [-0.25, -0.2) is 13.2 Å². The molecule has 3 fully saturated rings. The molecule has 0 unspecified atom stereocenters. The molecular weight excluding hydrogens is 502 g/mol. The van der Waals surface area contributed by atoms with Gasteiger partial charge in [0, 0.05) is 37.0 Å². The SMILES string of the molecule is C[C@@H](NC(=O)c1cn(C2(C(F)(F)F)CC2)c(=O)cc1N[C@@H]1[C@@H]2CN(C)C[C@@H]21)c1cccc(C(F)F)c1F. The zero-order valence-corrected chi connectivity index (χ0v) is 20.1. The van der Waals surface area contributed by atoms with E-state index in [9.17, 15) is 35.9 Å². The topological polar surface area (TPSA) is 66.4 Å². The summed E-state index contributed by atoms with van der Waals surface area (Å²) in [7, 11) is 1.97. The summed E-state index contributed by atoms with van der Waals surface area (Å²) in [5.74, 6) is -1.44. The lowest BCUT2D eigenvalue weighted by molar-refractivity contribution is -0.180. The number of rotatable bonds is 7. The molecule has 2 aliphatic carbocycles. The van der Waals surface area contributed by atoms with Crippen molar-refractivity contribution >= 4 is 11.6 Å². The van der Waals surface area contributed by atoms with Crippen LogP contribution in [0.3, 0.4) is 0 Å². The van der Waals surface area contributed by atoms with E-state index in [0.717, 1.165) is 31.4 Å². The van der Waals surface area contributed by atoms with Crippen LogP contribution in [0.2, 0.25) is 0 Å². The molecule has 2 saturated carbocycles. The average molecular weight is 528 g/mol. The minimum Gasteiger partial charge on any atom is -0.381 e. The molecule has 200 valence electrons. The molecule has 37 heavy (non-hydrogen) atoms. The van der Waals surface area contributed by atoms with E-state index >= 15 is 0 Å². The molecule has 3 aliphatic rings. The van der Waals surface area contributed by atoms with Gasteiger partial charge in [-0.1, -0.05) is 18.2 Å². The molecule has 2 aromatic rings. The van der Waals surface area contributed by atoms with Crippen LogP contribution in [-0.4, -0.2) is 47.7 Å². The molecular formula is C25H26F6N4O2. The van der Waals surface area contributed by atoms with Gasteiger partial charge in [0.05, 0.1) is 22.9 Å². The molecule has 12 heteroatoms. The van der Waals surface area contributed by atoms with E-state index in [2.05, 4.69) is 15.5 Å². The number of nitrogens with zero attached hydrogens (tertiary/aromatic N) is 2. The number of anilines is 1. The lowest BCUT2D eigenvalue weighted by atomic mass is 10.0. The Labute approximate surface area is 208 Å². The van der Waals surface area contributed by atoms with Crippen LogP contribution in [0.5, 0.6) is 0 Å². The number of piperidine rings is 1. The van der Waals surface area contributed by atoms with Crippen molar-refractivity contribution in [1.82, 2.24) is 14.8 Å². The minimum atomic E-state index is -4.69. The Balaban J connectivity index is 1.47. The number of aromatic nitrogens is 1. The monoisotopic (exact) mass is 528 g/mol. The summed E-state index contributed by atoms with van der Waals surface area (Å²) >= 11 is 0. The maximum absolute atomic E-state index is 14.6. The molecule has 0 radical (unpaired) electrons. The van der Waals surface area contributed by atoms with Crippen LogP contribution in [0.1, 0.15) is 53.7 Å². The molecule has 0 spiro atoms. The van der Waals surface area contributed by atoms with Crippen molar-refractivity contribution in [2.24, 2.45) is 11.8 Å². The molecule has 2 N–H and O–H groups in total. The van der Waals surface area contributed by atoms with E-state index in [1.807, 2.05) is 7.05 Å². The summed E-state index contributed by atoms with van der Waals surface area (Å²) in [6.07, 6.45) is -7.42. The Morgan fingerprint density at radius 2 is 1.76 bits per heavy atom. The summed E-state index contributed by atoms with van der Waals surface area (Å²) in [6, 6.07) is 3.31. The van der Waals surface area contributed by atoms with Gasteiger partial charge < -0.3 is 15.5 Å². The third-order valence-corrected chi connectivity index (χ3v) is 7.82. The number of alkyl halides is 5. The van der Waals surface area contributed by atoms with Crippen LogP contribution < -0.4 is 16.2 Å². The number of carbonyl (C=O) groups excluding carboxylic acids is 1. The molecule has 1 aromatic heterocycles. The standard InChI is InChI=1S/C25H26F6N4O2/c1-12(13-4-3-5-14(20(13)26)22(27)28)32-23(37)17-11-35(24(6-7-24)25(29,30)31)19(36)8-18(17)33-21-15-9-34(2)10-16(15)21/h3-5,8,11-12,15-16,21-22,33H,6-7,9-10H2,1-2H3,(H,32,37)/t12-,15-,16+,21-/m1/s1. The molecule has 1 amide bonds. The van der Waals surface area contributed by atoms with Crippen LogP contribution in [-0.2, 0) is 5.54 Å². The summed E-state index contributed by atoms with van der Waals surface area (Å²) in [5, 5.41) is 5.66. The third-order valence-electron chi connectivity index (χ3n) is 7.82. The number of fused-ring (bicyclic) bond motifs is 1. The number of benzene rings is 1. The van der Waals surface area contributed by atoms with Crippen molar-refractivity contribution in [3.63, 3.8) is 0 Å². The first-order valence-electron chi connectivity index (χ1n) is 12.0. The second kappa shape index (κ2) is 8.78. The van der Waals surface area contributed by atoms with E-state index < -0.39 is 47.0 Å². The Morgan fingerprint density at radius 1 is 1.14 bits per heavy atom. The molecule has 2 heterocycles. The second-order valence-corrected chi connectivity index (χ2v) is 10.3. The first-order chi connectivity index (χ1) is 17.3. The first kappa shape index (κ1) is 25.6. The first-order valence-corrected chi connectivity index (χ1v) is 12.0. The fourth-order valence-corrected chi connectivity index (χ4v) is 5.50. The number of carbonyl (C=O) groups is 1. The van der Waals surface area contributed by atoms with Crippen molar-refractivity contribution in [3.05, 3.63) is 63.3 Å². The Bertz CT molecular complexity index is 1280. The van der Waals surface area contributed by atoms with Crippen molar-refractivity contribution in [1.29, 1.82) is 0 Å². The molecule has 4 atom stereocenters. The number of hydrogen-bond donors (Lipinski definition) is 2. The molecule has 5 rings (SSSR count). The number of hydrogen-bond acceptors (Lipinski definition) is 4. The predicted molar refractivity (Wildman–Crippen MR) is 123 cm³/mol. The van der Waals surface area contributed by atoms with E-state index in [-0.39, 0.29) is 35.7 Å². The molecule has 1 aromatic carbocycles. The Kier molecular flexibility index (Phi) is 6.08. The Morgan fingerprint density at radius 3 is 2.32 bits per heavy atom. The zero-order chi connectivity index (χ0) is 26.9. The van der Waals surface area contributed by atoms with Gasteiger partial charge in [-0.3, -0.25) is 14.2 Å². The zero-order valence-electron chi connectivity index (χ0n) is 20.1. The van der Waals surface area contributed by atoms with Crippen LogP contribution in [0.4, 0.5) is 32.0 Å². The lowest BCUT2D eigenvalue weighted by Crippen LogP contribution is -2.42. The van der Waals surface area contributed by atoms with E-state index in [1.165, 1.54) is 19.1 Å². The number of pyridine rings is 1. The van der Waals surface area contributed by atoms with Crippen molar-refractivity contribution < 1.29 is 31.1 Å². The highest BCUT2D eigenvalue weighted by Gasteiger charge is 2.65. The molecule has 1 aliphatic heterocycles. The minimum absolute atomic E-state index is 0.0342. The van der Waals surface area contributed by atoms with Crippen molar-refractivity contribution in [2.45, 2.75) is 50.0 Å². The average Bonchev–Trinajstić information content (AvgIpc) is 3.69. The van der Waals surface area contributed by atoms with Gasteiger partial charge in [-0.05, 0) is 38.6 Å². The van der Waals surface area contributed by atoms with Gasteiger partial charge in [0.25, 0.3) is 17.9 Å². The van der Waals surface area contributed by atoms with Crippen molar-refractivity contribution in [2.75, 3.05) is 25.5 Å². The molecule has 0 bridgehead atoms. The molecule has 6 nitrogen and oxygen atoms in total. The van der Waals surface area contributed by atoms with Crippen LogP contribution in [0, 0.1) is 17.7 Å². The summed E-state index contributed by atoms with van der Waals surface area (Å²) < 4.78 is 82.9. The van der Waals surface area contributed by atoms with Gasteiger partial charge in [0.1, 0.15) is 11.4 Å². The van der Waals surface area contributed by atoms with Crippen LogP contribution in [0.25, 0.3) is 0 Å². The van der Waals surface area contributed by atoms with E-state index in [0.29, 0.717) is 16.4 Å². The quantitative estimate of drug-likeness (QED) is 0.522. The lowest BCUT2D eigenvalue weighted by Gasteiger charge is -2.25. The van der Waals surface area contributed by atoms with Crippen LogP contribution >= 0.6 is 0 Å². The fraction of sp³-hybridized carbons (Fsp3) is 0.520. The van der Waals surface area contributed by atoms with Gasteiger partial charge in [0.2, 0.25) is 0 Å². The Hall–Kier alpha value is -3.02. The highest BCUT2D eigenvalue weighted by atomic mass is 19.4. The van der Waals surface area contributed by atoms with Crippen molar-refractivity contribution in [3.8, 4) is 0 Å².